The first-order valence-electron chi connectivity index (χ1n) is 11.9. The highest BCUT2D eigenvalue weighted by atomic mass is 32.1. The summed E-state index contributed by atoms with van der Waals surface area (Å²) in [5, 5.41) is 0. The Hall–Kier alpha value is -1.92. The van der Waals surface area contributed by atoms with E-state index in [0.29, 0.717) is 36.5 Å². The van der Waals surface area contributed by atoms with E-state index in [9.17, 15) is 9.59 Å². The van der Waals surface area contributed by atoms with Gasteiger partial charge in [0.2, 0.25) is 0 Å². The predicted molar refractivity (Wildman–Crippen MR) is 132 cm³/mol. The van der Waals surface area contributed by atoms with Gasteiger partial charge in [0.25, 0.3) is 11.5 Å². The van der Waals surface area contributed by atoms with E-state index < -0.39 is 0 Å². The van der Waals surface area contributed by atoms with Crippen molar-refractivity contribution in [1.29, 1.82) is 0 Å². The molecule has 3 heterocycles. The maximum Gasteiger partial charge on any atom is 0.255 e. The Morgan fingerprint density at radius 2 is 1.84 bits per heavy atom. The molecule has 0 saturated heterocycles. The van der Waals surface area contributed by atoms with Crippen molar-refractivity contribution in [2.45, 2.75) is 78.3 Å². The van der Waals surface area contributed by atoms with Crippen molar-refractivity contribution >= 4 is 17.2 Å². The second-order valence-corrected chi connectivity index (χ2v) is 11.3. The minimum Gasteiger partial charge on any atom is -0.334 e. The van der Waals surface area contributed by atoms with Crippen LogP contribution in [-0.4, -0.2) is 47.4 Å². The molecule has 2 aliphatic rings. The number of amides is 1. The fourth-order valence-corrected chi connectivity index (χ4v) is 7.17. The van der Waals surface area contributed by atoms with Crippen molar-refractivity contribution in [3.05, 3.63) is 54.1 Å². The van der Waals surface area contributed by atoms with E-state index in [4.69, 9.17) is 0 Å². The number of hydrogen-bond donors (Lipinski definition) is 1. The van der Waals surface area contributed by atoms with Crippen LogP contribution >= 0.6 is 11.3 Å². The molecule has 0 bridgehead atoms. The number of hydrogen-bond acceptors (Lipinski definition) is 4. The number of carbonyl (C=O) groups excluding carboxylic acids is 1. The number of aromatic nitrogens is 1. The molecule has 1 saturated carbocycles. The van der Waals surface area contributed by atoms with Crippen molar-refractivity contribution in [2.24, 2.45) is 5.92 Å². The first kappa shape index (κ1) is 23.2. The van der Waals surface area contributed by atoms with Crippen molar-refractivity contribution in [3.8, 4) is 0 Å². The van der Waals surface area contributed by atoms with Gasteiger partial charge >= 0.3 is 0 Å². The molecule has 2 aromatic rings. The largest absolute Gasteiger partial charge is 0.334 e. The second-order valence-electron chi connectivity index (χ2n) is 10.1. The average molecular weight is 456 g/mol. The van der Waals surface area contributed by atoms with Crippen LogP contribution in [0.1, 0.15) is 81.0 Å². The summed E-state index contributed by atoms with van der Waals surface area (Å²) in [7, 11) is 4.38. The predicted octanol–water partition coefficient (Wildman–Crippen LogP) is 4.78. The third-order valence-corrected chi connectivity index (χ3v) is 9.35. The van der Waals surface area contributed by atoms with Crippen LogP contribution in [0.3, 0.4) is 0 Å². The first-order valence-corrected chi connectivity index (χ1v) is 12.8. The van der Waals surface area contributed by atoms with Crippen LogP contribution in [0.25, 0.3) is 0 Å². The Bertz CT molecular complexity index is 1060. The third kappa shape index (κ3) is 4.32. The van der Waals surface area contributed by atoms with E-state index in [1.54, 1.807) is 0 Å². The maximum atomic E-state index is 13.5. The Morgan fingerprint density at radius 1 is 1.16 bits per heavy atom. The van der Waals surface area contributed by atoms with Crippen LogP contribution < -0.4 is 5.56 Å². The maximum absolute atomic E-state index is 13.5. The lowest BCUT2D eigenvalue weighted by molar-refractivity contribution is 0.0727. The summed E-state index contributed by atoms with van der Waals surface area (Å²) in [5.41, 5.74) is 4.52. The second kappa shape index (κ2) is 9.14. The van der Waals surface area contributed by atoms with Crippen LogP contribution in [0.2, 0.25) is 0 Å². The smallest absolute Gasteiger partial charge is 0.255 e. The Labute approximate surface area is 195 Å². The van der Waals surface area contributed by atoms with Crippen molar-refractivity contribution in [2.75, 3.05) is 20.6 Å². The van der Waals surface area contributed by atoms with Crippen molar-refractivity contribution < 1.29 is 4.79 Å². The number of aromatic amines is 1. The normalized spacial score (nSPS) is 22.3. The van der Waals surface area contributed by atoms with Gasteiger partial charge in [0.15, 0.2) is 0 Å². The van der Waals surface area contributed by atoms with Gasteiger partial charge in [-0.3, -0.25) is 9.59 Å². The first-order chi connectivity index (χ1) is 15.2. The zero-order valence-corrected chi connectivity index (χ0v) is 21.2. The van der Waals surface area contributed by atoms with E-state index in [1.807, 2.05) is 36.2 Å². The Morgan fingerprint density at radius 3 is 2.47 bits per heavy atom. The van der Waals surface area contributed by atoms with Gasteiger partial charge < -0.3 is 14.8 Å². The number of fused-ring (bicyclic) bond motifs is 1. The highest BCUT2D eigenvalue weighted by Crippen LogP contribution is 2.43. The Kier molecular flexibility index (Phi) is 6.64. The minimum absolute atomic E-state index is 0.0780. The number of aryl methyl sites for hydroxylation is 2. The van der Waals surface area contributed by atoms with E-state index in [2.05, 4.69) is 37.8 Å². The molecule has 0 unspecified atom stereocenters. The highest BCUT2D eigenvalue weighted by molar-refractivity contribution is 7.12. The van der Waals surface area contributed by atoms with Gasteiger partial charge in [-0.1, -0.05) is 6.92 Å². The molecule has 2 aromatic heterocycles. The van der Waals surface area contributed by atoms with Gasteiger partial charge in [-0.2, -0.15) is 0 Å². The van der Waals surface area contributed by atoms with Crippen molar-refractivity contribution in [1.82, 2.24) is 14.8 Å². The summed E-state index contributed by atoms with van der Waals surface area (Å²) in [4.78, 5) is 35.7. The summed E-state index contributed by atoms with van der Waals surface area (Å²) in [5.74, 6) is 1.29. The summed E-state index contributed by atoms with van der Waals surface area (Å²) >= 11 is 1.87. The van der Waals surface area contributed by atoms with E-state index >= 15 is 0 Å². The molecule has 1 aliphatic heterocycles. The summed E-state index contributed by atoms with van der Waals surface area (Å²) in [6.07, 6.45) is 5.95. The molecule has 1 fully saturated rings. The Balaban J connectivity index is 1.53. The molecule has 0 aromatic carbocycles. The van der Waals surface area contributed by atoms with Crippen LogP contribution in [-0.2, 0) is 13.0 Å². The van der Waals surface area contributed by atoms with Crippen LogP contribution in [0.4, 0.5) is 0 Å². The summed E-state index contributed by atoms with van der Waals surface area (Å²) in [6, 6.07) is 2.69. The van der Waals surface area contributed by atoms with Gasteiger partial charge in [0, 0.05) is 40.0 Å². The molecule has 5 nitrogen and oxygen atoms in total. The quantitative estimate of drug-likeness (QED) is 0.706. The van der Waals surface area contributed by atoms with E-state index in [-0.39, 0.29) is 11.5 Å². The summed E-state index contributed by atoms with van der Waals surface area (Å²) in [6.45, 7) is 9.41. The van der Waals surface area contributed by atoms with Crippen LogP contribution in [0.15, 0.2) is 10.9 Å². The van der Waals surface area contributed by atoms with Gasteiger partial charge in [-0.25, -0.2) is 0 Å². The van der Waals surface area contributed by atoms with Gasteiger partial charge in [-0.05, 0) is 89.6 Å². The number of pyridine rings is 1. The zero-order valence-electron chi connectivity index (χ0n) is 20.4. The molecule has 4 rings (SSSR count). The lowest BCUT2D eigenvalue weighted by Gasteiger charge is -2.35. The lowest BCUT2D eigenvalue weighted by atomic mass is 9.77. The fraction of sp³-hybridized carbons (Fsp3) is 0.615. The summed E-state index contributed by atoms with van der Waals surface area (Å²) < 4.78 is 0. The number of nitrogens with one attached hydrogen (secondary N) is 1. The standard InChI is InChI=1S/C26H37N3O2S/c1-15-13-16(2)27-25(30)21(15)14-29-12-11-22-23(26(29)31)18(4)24(32-22)17(3)19-7-9-20(10-8-19)28(5)6/h13,17,19-20H,7-12,14H2,1-6H3,(H,27,30)/t17-,19-,20-/m1/s1. The molecular weight excluding hydrogens is 418 g/mol. The molecule has 32 heavy (non-hydrogen) atoms. The molecule has 0 spiro atoms. The minimum atomic E-state index is -0.0780. The molecule has 1 aliphatic carbocycles. The monoisotopic (exact) mass is 455 g/mol. The zero-order chi connectivity index (χ0) is 23.2. The number of rotatable bonds is 5. The van der Waals surface area contributed by atoms with E-state index in [0.717, 1.165) is 23.2 Å². The van der Waals surface area contributed by atoms with Crippen LogP contribution in [0, 0.1) is 26.7 Å². The van der Waals surface area contributed by atoms with Crippen molar-refractivity contribution in [3.63, 3.8) is 0 Å². The lowest BCUT2D eigenvalue weighted by Crippen LogP contribution is -2.38. The third-order valence-electron chi connectivity index (χ3n) is 7.80. The van der Waals surface area contributed by atoms with Gasteiger partial charge in [0.1, 0.15) is 0 Å². The highest BCUT2D eigenvalue weighted by Gasteiger charge is 2.34. The number of nitrogens with zero attached hydrogens (tertiary/aromatic N) is 2. The van der Waals surface area contributed by atoms with Crippen LogP contribution in [0.5, 0.6) is 0 Å². The molecule has 1 N–H and O–H groups in total. The topological polar surface area (TPSA) is 56.4 Å². The van der Waals surface area contributed by atoms with E-state index in [1.165, 1.54) is 41.0 Å². The average Bonchev–Trinajstić information content (AvgIpc) is 3.08. The van der Waals surface area contributed by atoms with Gasteiger partial charge in [0.05, 0.1) is 12.1 Å². The molecule has 174 valence electrons. The SMILES string of the molecule is Cc1cc(C)c(CN2CCc3sc([C@H](C)[C@H]4CC[C@H](N(C)C)CC4)c(C)c3C2=O)c(=O)[nH]1. The van der Waals surface area contributed by atoms with Gasteiger partial charge in [-0.15, -0.1) is 11.3 Å². The number of carbonyl (C=O) groups is 1. The number of H-pyrrole nitrogens is 1. The fourth-order valence-electron chi connectivity index (χ4n) is 5.73. The molecular formula is C26H37N3O2S. The number of thiophene rings is 1. The molecule has 6 heteroatoms. The molecule has 0 radical (unpaired) electrons. The molecule has 1 atom stereocenters. The molecule has 1 amide bonds.